The van der Waals surface area contributed by atoms with E-state index < -0.39 is 6.10 Å². The second kappa shape index (κ2) is 9.52. The topological polar surface area (TPSA) is 82.4 Å². The first kappa shape index (κ1) is 21.4. The number of nitrogens with zero attached hydrogens (tertiary/aromatic N) is 2. The number of aliphatic hydroxyl groups excluding tert-OH is 1. The number of allylic oxidation sites excluding steroid dienone is 2. The molecule has 2 N–H and O–H groups in total. The number of aliphatic hydroxyl groups is 1. The predicted molar refractivity (Wildman–Crippen MR) is 120 cm³/mol. The molecule has 2 aliphatic heterocycles. The second-order valence-electron chi connectivity index (χ2n) is 8.72. The van der Waals surface area contributed by atoms with Gasteiger partial charge in [-0.1, -0.05) is 25.1 Å². The highest BCUT2D eigenvalue weighted by atomic mass is 16.5. The number of hydrogen-bond acceptors (Lipinski definition) is 6. The molecule has 0 aromatic heterocycles. The molecular weight excluding hydrogens is 392 g/mol. The summed E-state index contributed by atoms with van der Waals surface area (Å²) in [6.45, 7) is 3.22. The summed E-state index contributed by atoms with van der Waals surface area (Å²) in [7, 11) is 0. The summed E-state index contributed by atoms with van der Waals surface area (Å²) in [6.07, 6.45) is 12.4. The zero-order chi connectivity index (χ0) is 21.8. The number of aliphatic imine (C=N–C) groups is 1. The van der Waals surface area contributed by atoms with E-state index in [2.05, 4.69) is 24.1 Å². The summed E-state index contributed by atoms with van der Waals surface area (Å²) >= 11 is 0. The standard InChI is InChI=1S/C25H30N2O4/c1-17-2-6-19(7-3-17)24(30)13-21(28)8-4-18-5-9-23(29)25(12-18)31-16-27-14-20-10-11-26-22(20)15-27/h2,5-6,9-12,15,17,19,24,29-30H,3-4,7-8,13-14,16H2,1H3/t17-,19+,24-/m0/s1. The maximum atomic E-state index is 12.4. The molecule has 6 nitrogen and oxygen atoms in total. The number of carbonyl (C=O) groups is 1. The minimum Gasteiger partial charge on any atom is -0.504 e. The Morgan fingerprint density at radius 2 is 2.19 bits per heavy atom. The molecule has 0 radical (unpaired) electrons. The smallest absolute Gasteiger partial charge is 0.163 e. The fourth-order valence-corrected chi connectivity index (χ4v) is 4.20. The predicted octanol–water partition coefficient (Wildman–Crippen LogP) is 3.75. The number of benzene rings is 1. The van der Waals surface area contributed by atoms with Gasteiger partial charge in [0.05, 0.1) is 11.8 Å². The highest BCUT2D eigenvalue weighted by molar-refractivity contribution is 5.80. The normalized spacial score (nSPS) is 22.8. The van der Waals surface area contributed by atoms with Crippen LogP contribution in [0.25, 0.3) is 0 Å². The maximum absolute atomic E-state index is 12.4. The van der Waals surface area contributed by atoms with Crippen molar-refractivity contribution < 1.29 is 19.7 Å². The van der Waals surface area contributed by atoms with Crippen LogP contribution < -0.4 is 4.74 Å². The number of carbonyl (C=O) groups excluding carboxylic acids is 1. The lowest BCUT2D eigenvalue weighted by Crippen LogP contribution is -2.24. The SMILES string of the molecule is C[C@H]1C=C[C@@H]([C@@H](O)CC(=O)CCc2ccc(O)c(OCN3C=C4N=CC=C4C3)c2)CC1. The minimum atomic E-state index is -0.608. The van der Waals surface area contributed by atoms with Gasteiger partial charge in [-0.15, -0.1) is 0 Å². The number of Topliss-reactive ketones (excluding diaryl/α,β-unsaturated/α-hetero) is 1. The quantitative estimate of drug-likeness (QED) is 0.592. The third-order valence-corrected chi connectivity index (χ3v) is 6.17. The van der Waals surface area contributed by atoms with Crippen molar-refractivity contribution in [3.05, 3.63) is 59.5 Å². The molecule has 0 unspecified atom stereocenters. The van der Waals surface area contributed by atoms with Crippen LogP contribution in [0.2, 0.25) is 0 Å². The summed E-state index contributed by atoms with van der Waals surface area (Å²) in [6, 6.07) is 5.19. The van der Waals surface area contributed by atoms with Crippen molar-refractivity contribution in [1.82, 2.24) is 4.90 Å². The summed E-state index contributed by atoms with van der Waals surface area (Å²) in [4.78, 5) is 18.7. The van der Waals surface area contributed by atoms with Crippen LogP contribution in [0, 0.1) is 11.8 Å². The molecular formula is C25H30N2O4. The van der Waals surface area contributed by atoms with E-state index in [1.165, 1.54) is 5.57 Å². The van der Waals surface area contributed by atoms with Crippen molar-refractivity contribution in [1.29, 1.82) is 0 Å². The number of phenolic OH excluding ortho intramolecular Hbond substituents is 1. The van der Waals surface area contributed by atoms with Gasteiger partial charge in [-0.05, 0) is 49.0 Å². The van der Waals surface area contributed by atoms with Crippen LogP contribution >= 0.6 is 0 Å². The Morgan fingerprint density at radius 1 is 1.32 bits per heavy atom. The molecule has 3 aliphatic rings. The van der Waals surface area contributed by atoms with E-state index in [-0.39, 0.29) is 23.9 Å². The van der Waals surface area contributed by atoms with Crippen molar-refractivity contribution in [2.24, 2.45) is 16.8 Å². The van der Waals surface area contributed by atoms with E-state index in [0.717, 1.165) is 30.6 Å². The third-order valence-electron chi connectivity index (χ3n) is 6.17. The van der Waals surface area contributed by atoms with E-state index in [4.69, 9.17) is 4.74 Å². The van der Waals surface area contributed by atoms with E-state index in [0.29, 0.717) is 31.2 Å². The van der Waals surface area contributed by atoms with Gasteiger partial charge in [-0.25, -0.2) is 0 Å². The van der Waals surface area contributed by atoms with E-state index >= 15 is 0 Å². The van der Waals surface area contributed by atoms with Crippen LogP contribution in [0.3, 0.4) is 0 Å². The van der Waals surface area contributed by atoms with Crippen LogP contribution in [0.1, 0.15) is 38.2 Å². The molecule has 0 amide bonds. The highest BCUT2D eigenvalue weighted by Gasteiger charge is 2.23. The molecule has 0 bridgehead atoms. The Kier molecular flexibility index (Phi) is 6.56. The average molecular weight is 423 g/mol. The van der Waals surface area contributed by atoms with E-state index in [1.54, 1.807) is 24.4 Å². The minimum absolute atomic E-state index is 0.0547. The molecule has 2 heterocycles. The first-order valence-electron chi connectivity index (χ1n) is 11.0. The molecule has 1 aliphatic carbocycles. The van der Waals surface area contributed by atoms with Crippen molar-refractivity contribution in [2.45, 2.75) is 45.1 Å². The Morgan fingerprint density at radius 3 is 2.97 bits per heavy atom. The zero-order valence-electron chi connectivity index (χ0n) is 17.9. The fraction of sp³-hybridized carbons (Fsp3) is 0.440. The number of hydrogen-bond donors (Lipinski definition) is 2. The van der Waals surface area contributed by atoms with Gasteiger partial charge in [0.25, 0.3) is 0 Å². The maximum Gasteiger partial charge on any atom is 0.163 e. The molecule has 164 valence electrons. The number of aromatic hydroxyl groups is 1. The van der Waals surface area contributed by atoms with Crippen molar-refractivity contribution in [3.63, 3.8) is 0 Å². The second-order valence-corrected chi connectivity index (χ2v) is 8.72. The summed E-state index contributed by atoms with van der Waals surface area (Å²) in [5.74, 6) is 1.17. The molecule has 6 heteroatoms. The van der Waals surface area contributed by atoms with Crippen LogP contribution in [0.15, 0.2) is 58.9 Å². The lowest BCUT2D eigenvalue weighted by atomic mass is 9.84. The van der Waals surface area contributed by atoms with Crippen LogP contribution in [-0.2, 0) is 11.2 Å². The Hall–Kier alpha value is -2.86. The third kappa shape index (κ3) is 5.44. The molecule has 31 heavy (non-hydrogen) atoms. The fourth-order valence-electron chi connectivity index (χ4n) is 4.20. The highest BCUT2D eigenvalue weighted by Crippen LogP contribution is 2.30. The Bertz CT molecular complexity index is 947. The summed E-state index contributed by atoms with van der Waals surface area (Å²) < 4.78 is 5.81. The monoisotopic (exact) mass is 422 g/mol. The lowest BCUT2D eigenvalue weighted by molar-refractivity contribution is -0.121. The first-order chi connectivity index (χ1) is 15.0. The van der Waals surface area contributed by atoms with E-state index in [9.17, 15) is 15.0 Å². The van der Waals surface area contributed by atoms with Gasteiger partial charge in [0.15, 0.2) is 18.2 Å². The molecule has 3 atom stereocenters. The van der Waals surface area contributed by atoms with Gasteiger partial charge >= 0.3 is 0 Å². The zero-order valence-corrected chi connectivity index (χ0v) is 17.9. The number of ether oxygens (including phenoxy) is 1. The molecule has 1 aromatic carbocycles. The molecule has 0 fully saturated rings. The summed E-state index contributed by atoms with van der Waals surface area (Å²) in [5.41, 5.74) is 3.05. The molecule has 1 aromatic rings. The van der Waals surface area contributed by atoms with Crippen LogP contribution in [0.4, 0.5) is 0 Å². The molecule has 0 saturated heterocycles. The number of ketones is 1. The first-order valence-corrected chi connectivity index (χ1v) is 11.0. The molecule has 4 rings (SSSR count). The van der Waals surface area contributed by atoms with Gasteiger partial charge in [0, 0.05) is 43.3 Å². The van der Waals surface area contributed by atoms with Crippen molar-refractivity contribution in [2.75, 3.05) is 13.3 Å². The molecule has 0 saturated carbocycles. The van der Waals surface area contributed by atoms with Crippen LogP contribution in [-0.4, -0.2) is 46.5 Å². The van der Waals surface area contributed by atoms with Gasteiger partial charge in [-0.2, -0.15) is 0 Å². The van der Waals surface area contributed by atoms with E-state index in [1.807, 2.05) is 17.2 Å². The summed E-state index contributed by atoms with van der Waals surface area (Å²) in [5, 5.41) is 20.5. The lowest BCUT2D eigenvalue weighted by Gasteiger charge is -2.24. The Labute approximate surface area is 183 Å². The van der Waals surface area contributed by atoms with Gasteiger partial charge in [0.1, 0.15) is 5.78 Å². The number of aryl methyl sites for hydroxylation is 1. The number of rotatable bonds is 9. The molecule has 0 spiro atoms. The largest absolute Gasteiger partial charge is 0.504 e. The van der Waals surface area contributed by atoms with Gasteiger partial charge in [-0.3, -0.25) is 9.79 Å². The average Bonchev–Trinajstić information content (AvgIpc) is 3.34. The Balaban J connectivity index is 1.26. The van der Waals surface area contributed by atoms with Gasteiger partial charge in [0.2, 0.25) is 0 Å². The van der Waals surface area contributed by atoms with Crippen LogP contribution in [0.5, 0.6) is 11.5 Å². The van der Waals surface area contributed by atoms with Crippen molar-refractivity contribution >= 4 is 12.0 Å². The number of phenols is 1. The van der Waals surface area contributed by atoms with Crippen molar-refractivity contribution in [3.8, 4) is 11.5 Å². The van der Waals surface area contributed by atoms with Gasteiger partial charge < -0.3 is 19.8 Å². The number of fused-ring (bicyclic) bond motifs is 1.